The van der Waals surface area contributed by atoms with Crippen LogP contribution in [0, 0.1) is 0 Å². The number of thioether (sulfide) groups is 1. The lowest BCUT2D eigenvalue weighted by molar-refractivity contribution is 0.179. The summed E-state index contributed by atoms with van der Waals surface area (Å²) in [5.74, 6) is 0.948. The van der Waals surface area contributed by atoms with Crippen molar-refractivity contribution in [1.29, 1.82) is 0 Å². The second-order valence-corrected chi connectivity index (χ2v) is 5.63. The van der Waals surface area contributed by atoms with Crippen LogP contribution in [0.4, 0.5) is 0 Å². The Hall–Kier alpha value is -0.770. The van der Waals surface area contributed by atoms with E-state index >= 15 is 0 Å². The van der Waals surface area contributed by atoms with Crippen molar-refractivity contribution in [3.05, 3.63) is 52.7 Å². The molecule has 1 aromatic heterocycles. The lowest BCUT2D eigenvalue weighted by atomic mass is 10.2. The van der Waals surface area contributed by atoms with Gasteiger partial charge in [-0.1, -0.05) is 24.3 Å². The molecule has 1 atom stereocenters. The summed E-state index contributed by atoms with van der Waals surface area (Å²) < 4.78 is 0. The van der Waals surface area contributed by atoms with Crippen LogP contribution in [0.3, 0.4) is 0 Å². The Morgan fingerprint density at radius 2 is 1.94 bits per heavy atom. The van der Waals surface area contributed by atoms with Gasteiger partial charge in [-0.25, -0.2) is 0 Å². The van der Waals surface area contributed by atoms with Crippen LogP contribution in [0.2, 0.25) is 0 Å². The quantitative estimate of drug-likeness (QED) is 0.810. The minimum Gasteiger partial charge on any atom is -0.388 e. The average Bonchev–Trinajstić information content (AvgIpc) is 2.84. The highest BCUT2D eigenvalue weighted by molar-refractivity contribution is 7.99. The van der Waals surface area contributed by atoms with Crippen molar-refractivity contribution in [2.24, 2.45) is 0 Å². The van der Waals surface area contributed by atoms with E-state index in [-0.39, 0.29) is 6.10 Å². The standard InChI is InChI=1S/C13H14OS2/c14-12(13-7-4-9-16-13)8-10-15-11-5-2-1-3-6-11/h1-7,9,12,14H,8,10H2/t12-/m1/s1. The predicted molar refractivity (Wildman–Crippen MR) is 71.1 cm³/mol. The summed E-state index contributed by atoms with van der Waals surface area (Å²) in [4.78, 5) is 2.33. The van der Waals surface area contributed by atoms with Crippen LogP contribution in [0.5, 0.6) is 0 Å². The average molecular weight is 250 g/mol. The summed E-state index contributed by atoms with van der Waals surface area (Å²) >= 11 is 3.41. The van der Waals surface area contributed by atoms with E-state index in [1.165, 1.54) is 4.90 Å². The van der Waals surface area contributed by atoms with Crippen molar-refractivity contribution in [2.75, 3.05) is 5.75 Å². The molecule has 3 heteroatoms. The summed E-state index contributed by atoms with van der Waals surface area (Å²) in [5.41, 5.74) is 0. The van der Waals surface area contributed by atoms with Gasteiger partial charge in [0.05, 0.1) is 6.10 Å². The van der Waals surface area contributed by atoms with Gasteiger partial charge in [-0.05, 0) is 30.0 Å². The van der Waals surface area contributed by atoms with E-state index in [0.717, 1.165) is 17.1 Å². The monoisotopic (exact) mass is 250 g/mol. The topological polar surface area (TPSA) is 20.2 Å². The molecule has 16 heavy (non-hydrogen) atoms. The van der Waals surface area contributed by atoms with Crippen molar-refractivity contribution < 1.29 is 5.11 Å². The maximum Gasteiger partial charge on any atom is 0.0889 e. The second-order valence-electron chi connectivity index (χ2n) is 3.48. The molecule has 1 aromatic carbocycles. The zero-order chi connectivity index (χ0) is 11.2. The third-order valence-electron chi connectivity index (χ3n) is 2.27. The lowest BCUT2D eigenvalue weighted by Gasteiger charge is -2.07. The Morgan fingerprint density at radius 1 is 1.12 bits per heavy atom. The van der Waals surface area contributed by atoms with E-state index in [9.17, 15) is 5.11 Å². The molecule has 0 aliphatic heterocycles. The van der Waals surface area contributed by atoms with Crippen LogP contribution in [-0.4, -0.2) is 10.9 Å². The molecule has 1 nitrogen and oxygen atoms in total. The number of hydrogen-bond donors (Lipinski definition) is 1. The molecule has 2 rings (SSSR count). The van der Waals surface area contributed by atoms with Gasteiger partial charge in [0.25, 0.3) is 0 Å². The maximum atomic E-state index is 9.88. The molecular weight excluding hydrogens is 236 g/mol. The summed E-state index contributed by atoms with van der Waals surface area (Å²) in [7, 11) is 0. The van der Waals surface area contributed by atoms with Crippen LogP contribution in [0.25, 0.3) is 0 Å². The van der Waals surface area contributed by atoms with Crippen LogP contribution in [-0.2, 0) is 0 Å². The van der Waals surface area contributed by atoms with Crippen molar-refractivity contribution >= 4 is 23.1 Å². The minimum absolute atomic E-state index is 0.309. The lowest BCUT2D eigenvalue weighted by Crippen LogP contribution is -1.95. The number of aliphatic hydroxyl groups excluding tert-OH is 1. The van der Waals surface area contributed by atoms with E-state index in [0.29, 0.717) is 0 Å². The first kappa shape index (κ1) is 11.7. The van der Waals surface area contributed by atoms with Crippen molar-refractivity contribution in [2.45, 2.75) is 17.4 Å². The van der Waals surface area contributed by atoms with Crippen molar-refractivity contribution in [1.82, 2.24) is 0 Å². The first-order valence-corrected chi connectivity index (χ1v) is 7.12. The van der Waals surface area contributed by atoms with Crippen molar-refractivity contribution in [3.8, 4) is 0 Å². The fourth-order valence-corrected chi connectivity index (χ4v) is 3.10. The van der Waals surface area contributed by atoms with Crippen LogP contribution < -0.4 is 0 Å². The molecule has 2 aromatic rings. The third-order valence-corrected chi connectivity index (χ3v) is 4.29. The molecule has 0 unspecified atom stereocenters. The number of hydrogen-bond acceptors (Lipinski definition) is 3. The molecule has 0 bridgehead atoms. The molecule has 84 valence electrons. The van der Waals surface area contributed by atoms with E-state index in [4.69, 9.17) is 0 Å². The second kappa shape index (κ2) is 6.09. The first-order chi connectivity index (χ1) is 7.86. The molecule has 0 amide bonds. The molecule has 0 radical (unpaired) electrons. The largest absolute Gasteiger partial charge is 0.388 e. The van der Waals surface area contributed by atoms with E-state index in [1.807, 2.05) is 35.7 Å². The highest BCUT2D eigenvalue weighted by Crippen LogP contribution is 2.25. The van der Waals surface area contributed by atoms with Gasteiger partial charge in [-0.15, -0.1) is 23.1 Å². The molecule has 1 heterocycles. The molecule has 1 N–H and O–H groups in total. The van der Waals surface area contributed by atoms with Crippen LogP contribution in [0.1, 0.15) is 17.4 Å². The van der Waals surface area contributed by atoms with Gasteiger partial charge in [0.2, 0.25) is 0 Å². The van der Waals surface area contributed by atoms with Gasteiger partial charge in [-0.2, -0.15) is 0 Å². The molecule has 0 saturated carbocycles. The molecule has 0 spiro atoms. The number of thiophene rings is 1. The zero-order valence-corrected chi connectivity index (χ0v) is 10.5. The van der Waals surface area contributed by atoms with Gasteiger partial charge in [0.1, 0.15) is 0 Å². The number of benzene rings is 1. The summed E-state index contributed by atoms with van der Waals surface area (Å²) in [6, 6.07) is 14.3. The van der Waals surface area contributed by atoms with E-state index in [2.05, 4.69) is 12.1 Å². The van der Waals surface area contributed by atoms with Gasteiger partial charge >= 0.3 is 0 Å². The molecule has 0 aliphatic rings. The first-order valence-electron chi connectivity index (χ1n) is 5.25. The predicted octanol–water partition coefficient (Wildman–Crippen LogP) is 3.96. The van der Waals surface area contributed by atoms with Gasteiger partial charge in [0, 0.05) is 15.5 Å². The van der Waals surface area contributed by atoms with E-state index < -0.39 is 0 Å². The normalized spacial score (nSPS) is 12.6. The Morgan fingerprint density at radius 3 is 2.62 bits per heavy atom. The number of rotatable bonds is 5. The highest BCUT2D eigenvalue weighted by Gasteiger charge is 2.07. The molecule has 0 fully saturated rings. The minimum atomic E-state index is -0.309. The third kappa shape index (κ3) is 3.37. The number of aliphatic hydroxyl groups is 1. The molecule has 0 saturated heterocycles. The van der Waals surface area contributed by atoms with Crippen LogP contribution in [0.15, 0.2) is 52.7 Å². The van der Waals surface area contributed by atoms with Gasteiger partial charge in [0.15, 0.2) is 0 Å². The Balaban J connectivity index is 1.76. The van der Waals surface area contributed by atoms with E-state index in [1.54, 1.807) is 23.1 Å². The molecule has 0 aliphatic carbocycles. The fraction of sp³-hybridized carbons (Fsp3) is 0.231. The summed E-state index contributed by atoms with van der Waals surface area (Å²) in [5, 5.41) is 11.9. The maximum absolute atomic E-state index is 9.88. The fourth-order valence-electron chi connectivity index (χ4n) is 1.43. The van der Waals surface area contributed by atoms with Crippen molar-refractivity contribution in [3.63, 3.8) is 0 Å². The smallest absolute Gasteiger partial charge is 0.0889 e. The SMILES string of the molecule is O[C@H](CCSc1ccccc1)c1cccs1. The Labute approximate surface area is 104 Å². The highest BCUT2D eigenvalue weighted by atomic mass is 32.2. The Kier molecular flexibility index (Phi) is 4.45. The van der Waals surface area contributed by atoms with Gasteiger partial charge in [-0.3, -0.25) is 0 Å². The zero-order valence-electron chi connectivity index (χ0n) is 8.87. The van der Waals surface area contributed by atoms with Gasteiger partial charge < -0.3 is 5.11 Å². The molecular formula is C13H14OS2. The Bertz CT molecular complexity index is 397. The summed E-state index contributed by atoms with van der Waals surface area (Å²) in [6.45, 7) is 0. The summed E-state index contributed by atoms with van der Waals surface area (Å²) in [6.07, 6.45) is 0.497. The van der Waals surface area contributed by atoms with Crippen LogP contribution >= 0.6 is 23.1 Å².